The maximum atomic E-state index is 12.9. The highest BCUT2D eigenvalue weighted by atomic mass is 19.1. The second-order valence-corrected chi connectivity index (χ2v) is 3.85. The van der Waals surface area contributed by atoms with Gasteiger partial charge < -0.3 is 10.1 Å². The van der Waals surface area contributed by atoms with E-state index in [1.165, 1.54) is 12.4 Å². The first-order chi connectivity index (χ1) is 8.60. The van der Waals surface area contributed by atoms with Crippen LogP contribution in [0.5, 0.6) is 5.75 Å². The number of rotatable bonds is 4. The Labute approximate surface area is 104 Å². The van der Waals surface area contributed by atoms with Crippen LogP contribution in [0, 0.1) is 5.95 Å². The van der Waals surface area contributed by atoms with Gasteiger partial charge in [0.1, 0.15) is 17.8 Å². The van der Waals surface area contributed by atoms with Gasteiger partial charge in [-0.1, -0.05) is 0 Å². The van der Waals surface area contributed by atoms with Crippen molar-refractivity contribution in [3.05, 3.63) is 30.2 Å². The van der Waals surface area contributed by atoms with Gasteiger partial charge in [-0.15, -0.1) is 0 Å². The number of nitrogens with zero attached hydrogens (tertiary/aromatic N) is 4. The van der Waals surface area contributed by atoms with Crippen molar-refractivity contribution in [2.45, 2.75) is 13.0 Å². The zero-order chi connectivity index (χ0) is 13.1. The average Bonchev–Trinajstić information content (AvgIpc) is 2.70. The molecule has 18 heavy (non-hydrogen) atoms. The molecule has 2 aromatic rings. The van der Waals surface area contributed by atoms with Gasteiger partial charge in [-0.3, -0.25) is 4.68 Å². The molecule has 0 aliphatic heterocycles. The Bertz CT molecular complexity index is 542. The molecule has 7 heteroatoms. The molecule has 0 spiro atoms. The monoisotopic (exact) mass is 251 g/mol. The van der Waals surface area contributed by atoms with E-state index in [2.05, 4.69) is 20.4 Å². The van der Waals surface area contributed by atoms with Crippen LogP contribution in [-0.2, 0) is 7.05 Å². The maximum Gasteiger partial charge on any atom is 0.217 e. The zero-order valence-electron chi connectivity index (χ0n) is 10.4. The largest absolute Gasteiger partial charge is 0.493 e. The highest BCUT2D eigenvalue weighted by Crippen LogP contribution is 2.25. The third kappa shape index (κ3) is 2.55. The average molecular weight is 251 g/mol. The van der Waals surface area contributed by atoms with Crippen molar-refractivity contribution in [2.75, 3.05) is 12.4 Å². The Morgan fingerprint density at radius 2 is 2.22 bits per heavy atom. The predicted octanol–water partition coefficient (Wildman–Crippen LogP) is 1.53. The first-order valence-corrected chi connectivity index (χ1v) is 5.41. The smallest absolute Gasteiger partial charge is 0.217 e. The summed E-state index contributed by atoms with van der Waals surface area (Å²) in [5, 5.41) is 7.33. The second kappa shape index (κ2) is 4.99. The molecule has 2 rings (SSSR count). The van der Waals surface area contributed by atoms with Gasteiger partial charge in [0.05, 0.1) is 19.3 Å². The van der Waals surface area contributed by atoms with Crippen LogP contribution in [0.1, 0.15) is 18.7 Å². The van der Waals surface area contributed by atoms with E-state index in [1.807, 2.05) is 14.0 Å². The summed E-state index contributed by atoms with van der Waals surface area (Å²) in [7, 11) is 3.39. The minimum atomic E-state index is -0.576. The molecule has 1 N–H and O–H groups in total. The Morgan fingerprint density at radius 3 is 2.89 bits per heavy atom. The summed E-state index contributed by atoms with van der Waals surface area (Å²) in [4.78, 5) is 7.33. The lowest BCUT2D eigenvalue weighted by Gasteiger charge is -2.13. The van der Waals surface area contributed by atoms with Gasteiger partial charge in [-0.2, -0.15) is 9.49 Å². The maximum absolute atomic E-state index is 12.9. The normalized spacial score (nSPS) is 12.2. The number of methoxy groups -OCH3 is 1. The van der Waals surface area contributed by atoms with E-state index in [9.17, 15) is 4.39 Å². The van der Waals surface area contributed by atoms with Crippen molar-refractivity contribution in [2.24, 2.45) is 7.05 Å². The topological polar surface area (TPSA) is 64.9 Å². The molecule has 1 atom stereocenters. The van der Waals surface area contributed by atoms with E-state index >= 15 is 0 Å². The quantitative estimate of drug-likeness (QED) is 0.835. The molecular weight excluding hydrogens is 237 g/mol. The van der Waals surface area contributed by atoms with Gasteiger partial charge in [0, 0.05) is 13.1 Å². The van der Waals surface area contributed by atoms with Crippen molar-refractivity contribution in [3.8, 4) is 5.75 Å². The lowest BCUT2D eigenvalue weighted by molar-refractivity contribution is 0.407. The fraction of sp³-hybridized carbons (Fsp3) is 0.364. The number of ether oxygens (including phenoxy) is 1. The first kappa shape index (κ1) is 12.3. The summed E-state index contributed by atoms with van der Waals surface area (Å²) in [5.74, 6) is 0.502. The Kier molecular flexibility index (Phi) is 3.40. The third-order valence-corrected chi connectivity index (χ3v) is 2.45. The van der Waals surface area contributed by atoms with Crippen molar-refractivity contribution in [3.63, 3.8) is 0 Å². The molecule has 96 valence electrons. The lowest BCUT2D eigenvalue weighted by Crippen LogP contribution is -2.10. The van der Waals surface area contributed by atoms with Crippen LogP contribution in [0.3, 0.4) is 0 Å². The minimum absolute atomic E-state index is 0.157. The molecule has 0 radical (unpaired) electrons. The zero-order valence-corrected chi connectivity index (χ0v) is 10.4. The van der Waals surface area contributed by atoms with Crippen LogP contribution >= 0.6 is 0 Å². The van der Waals surface area contributed by atoms with Crippen LogP contribution in [0.15, 0.2) is 18.6 Å². The van der Waals surface area contributed by atoms with Crippen molar-refractivity contribution in [1.82, 2.24) is 19.7 Å². The molecule has 0 fully saturated rings. The van der Waals surface area contributed by atoms with E-state index in [4.69, 9.17) is 4.74 Å². The number of anilines is 1. The van der Waals surface area contributed by atoms with Crippen LogP contribution in [0.25, 0.3) is 0 Å². The first-order valence-electron chi connectivity index (χ1n) is 5.41. The van der Waals surface area contributed by atoms with Gasteiger partial charge in [0.15, 0.2) is 5.75 Å². The highest BCUT2D eigenvalue weighted by molar-refractivity contribution is 5.38. The molecule has 0 aliphatic rings. The molecule has 1 unspecified atom stereocenters. The van der Waals surface area contributed by atoms with E-state index in [0.717, 1.165) is 5.69 Å². The molecule has 0 saturated heterocycles. The lowest BCUT2D eigenvalue weighted by atomic mass is 10.2. The number of hydrogen-bond acceptors (Lipinski definition) is 5. The number of halogens is 1. The van der Waals surface area contributed by atoms with Gasteiger partial charge in [0.2, 0.25) is 5.95 Å². The fourth-order valence-corrected chi connectivity index (χ4v) is 1.64. The minimum Gasteiger partial charge on any atom is -0.493 e. The molecule has 2 aromatic heterocycles. The van der Waals surface area contributed by atoms with Crippen LogP contribution in [-0.4, -0.2) is 26.9 Å². The summed E-state index contributed by atoms with van der Waals surface area (Å²) in [6.07, 6.45) is 2.94. The number of aryl methyl sites for hydroxylation is 1. The second-order valence-electron chi connectivity index (χ2n) is 3.85. The number of nitrogens with one attached hydrogen (secondary N) is 1. The van der Waals surface area contributed by atoms with Gasteiger partial charge in [-0.05, 0) is 6.92 Å². The van der Waals surface area contributed by atoms with Crippen LogP contribution in [0.2, 0.25) is 0 Å². The van der Waals surface area contributed by atoms with Gasteiger partial charge >= 0.3 is 0 Å². The molecular formula is C11H14FN5O. The number of aromatic nitrogens is 4. The summed E-state index contributed by atoms with van der Waals surface area (Å²) >= 11 is 0. The van der Waals surface area contributed by atoms with Crippen molar-refractivity contribution >= 4 is 5.82 Å². The Morgan fingerprint density at radius 1 is 1.44 bits per heavy atom. The molecule has 0 saturated carbocycles. The molecule has 0 aromatic carbocycles. The van der Waals surface area contributed by atoms with Crippen molar-refractivity contribution in [1.29, 1.82) is 0 Å². The van der Waals surface area contributed by atoms with E-state index in [1.54, 1.807) is 18.0 Å². The fourth-order valence-electron chi connectivity index (χ4n) is 1.64. The van der Waals surface area contributed by atoms with Crippen LogP contribution < -0.4 is 10.1 Å². The standard InChI is InChI=1S/C11H14FN5O/c1-7(11-8(18-3)5-17(2)16-11)15-10-4-9(12)13-6-14-10/h4-7H,1-3H3,(H,13,14,15). The molecule has 6 nitrogen and oxygen atoms in total. The van der Waals surface area contributed by atoms with Crippen LogP contribution in [0.4, 0.5) is 10.2 Å². The van der Waals surface area contributed by atoms with E-state index in [-0.39, 0.29) is 6.04 Å². The van der Waals surface area contributed by atoms with E-state index in [0.29, 0.717) is 11.6 Å². The number of hydrogen-bond donors (Lipinski definition) is 1. The Balaban J connectivity index is 2.18. The van der Waals surface area contributed by atoms with E-state index < -0.39 is 5.95 Å². The third-order valence-electron chi connectivity index (χ3n) is 2.45. The SMILES string of the molecule is COc1cn(C)nc1C(C)Nc1cc(F)ncn1. The predicted molar refractivity (Wildman–Crippen MR) is 63.8 cm³/mol. The summed E-state index contributed by atoms with van der Waals surface area (Å²) < 4.78 is 19.8. The van der Waals surface area contributed by atoms with Gasteiger partial charge in [0.25, 0.3) is 0 Å². The highest BCUT2D eigenvalue weighted by Gasteiger charge is 2.16. The Hall–Kier alpha value is -2.18. The molecule has 2 heterocycles. The summed E-state index contributed by atoms with van der Waals surface area (Å²) in [6.45, 7) is 1.89. The van der Waals surface area contributed by atoms with Crippen molar-refractivity contribution < 1.29 is 9.13 Å². The summed E-state index contributed by atoms with van der Waals surface area (Å²) in [6, 6.07) is 1.07. The summed E-state index contributed by atoms with van der Waals surface area (Å²) in [5.41, 5.74) is 0.735. The molecule has 0 amide bonds. The molecule has 0 aliphatic carbocycles. The molecule has 0 bridgehead atoms. The van der Waals surface area contributed by atoms with Gasteiger partial charge in [-0.25, -0.2) is 9.97 Å².